The molecule has 1 aromatic carbocycles. The number of carbonyl (C=O) groups excluding carboxylic acids is 1. The van der Waals surface area contributed by atoms with Crippen LogP contribution in [-0.4, -0.2) is 35.2 Å². The Morgan fingerprint density at radius 1 is 1.21 bits per heavy atom. The van der Waals surface area contributed by atoms with Crippen molar-refractivity contribution in [2.75, 3.05) is 11.4 Å². The number of anilines is 1. The number of halogens is 6. The van der Waals surface area contributed by atoms with Crippen molar-refractivity contribution in [1.29, 1.82) is 0 Å². The molecule has 10 heteroatoms. The molecular weight excluding hydrogens is 420 g/mol. The third kappa shape index (κ3) is 4.68. The normalized spacial score (nSPS) is 18.2. The van der Waals surface area contributed by atoms with E-state index in [1.54, 1.807) is 0 Å². The van der Waals surface area contributed by atoms with Crippen molar-refractivity contribution >= 4 is 23.4 Å². The van der Waals surface area contributed by atoms with Gasteiger partial charge in [-0.1, -0.05) is 26.8 Å². The van der Waals surface area contributed by atoms with Crippen LogP contribution in [-0.2, 0) is 10.4 Å². The summed E-state index contributed by atoms with van der Waals surface area (Å²) in [4.78, 5) is 14.2. The second-order valence-corrected chi connectivity index (χ2v) is 8.82. The number of alkyl halides is 6. The average Bonchev–Trinajstić information content (AvgIpc) is 2.61. The number of fused-ring (bicyclic) bond motifs is 1. The van der Waals surface area contributed by atoms with Crippen LogP contribution in [0.3, 0.4) is 0 Å². The van der Waals surface area contributed by atoms with Crippen LogP contribution in [0.25, 0.3) is 0 Å². The molecule has 0 saturated carbocycles. The van der Waals surface area contributed by atoms with E-state index in [-0.39, 0.29) is 34.1 Å². The molecule has 1 N–H and O–H groups in total. The molecule has 0 aromatic heterocycles. The van der Waals surface area contributed by atoms with Crippen LogP contribution in [0, 0.1) is 5.92 Å². The molecule has 1 heterocycles. The van der Waals surface area contributed by atoms with Gasteiger partial charge in [0.25, 0.3) is 5.60 Å². The number of benzene rings is 1. The zero-order valence-corrected chi connectivity index (χ0v) is 17.0. The van der Waals surface area contributed by atoms with Crippen LogP contribution in [0.15, 0.2) is 23.1 Å². The molecular formula is C19H23F6NO2S. The fourth-order valence-corrected chi connectivity index (χ4v) is 4.30. The Hall–Kier alpha value is -1.42. The van der Waals surface area contributed by atoms with Gasteiger partial charge in [-0.25, -0.2) is 0 Å². The number of hydrogen-bond acceptors (Lipinski definition) is 3. The van der Waals surface area contributed by atoms with Gasteiger partial charge in [-0.05, 0) is 30.9 Å². The topological polar surface area (TPSA) is 40.5 Å². The third-order valence-corrected chi connectivity index (χ3v) is 6.26. The van der Waals surface area contributed by atoms with E-state index in [1.165, 1.54) is 4.90 Å². The van der Waals surface area contributed by atoms with E-state index >= 15 is 0 Å². The highest BCUT2D eigenvalue weighted by Gasteiger charge is 2.71. The molecule has 1 atom stereocenters. The summed E-state index contributed by atoms with van der Waals surface area (Å²) in [5, 5.41) is 9.49. The van der Waals surface area contributed by atoms with Gasteiger partial charge >= 0.3 is 12.4 Å². The number of amides is 1. The lowest BCUT2D eigenvalue weighted by Crippen LogP contribution is -2.54. The number of thioether (sulfide) groups is 1. The molecule has 2 rings (SSSR count). The van der Waals surface area contributed by atoms with E-state index in [9.17, 15) is 36.2 Å². The van der Waals surface area contributed by atoms with Crippen molar-refractivity contribution in [2.24, 2.45) is 5.92 Å². The quantitative estimate of drug-likeness (QED) is 0.598. The van der Waals surface area contributed by atoms with Crippen LogP contribution in [0.5, 0.6) is 0 Å². The van der Waals surface area contributed by atoms with Gasteiger partial charge in [-0.3, -0.25) is 4.79 Å². The second kappa shape index (κ2) is 8.37. The smallest absolute Gasteiger partial charge is 0.369 e. The predicted molar refractivity (Wildman–Crippen MR) is 98.8 cm³/mol. The van der Waals surface area contributed by atoms with Crippen molar-refractivity contribution in [1.82, 2.24) is 0 Å². The molecule has 0 unspecified atom stereocenters. The Morgan fingerprint density at radius 3 is 2.28 bits per heavy atom. The lowest BCUT2D eigenvalue weighted by atomic mass is 9.92. The van der Waals surface area contributed by atoms with Crippen LogP contribution in [0.2, 0.25) is 0 Å². The van der Waals surface area contributed by atoms with E-state index < -0.39 is 23.5 Å². The van der Waals surface area contributed by atoms with Crippen LogP contribution < -0.4 is 4.90 Å². The minimum atomic E-state index is -5.95. The zero-order valence-electron chi connectivity index (χ0n) is 16.2. The van der Waals surface area contributed by atoms with E-state index in [4.69, 9.17) is 0 Å². The Balaban J connectivity index is 2.51. The Morgan fingerprint density at radius 2 is 1.79 bits per heavy atom. The highest BCUT2D eigenvalue weighted by Crippen LogP contribution is 2.52. The van der Waals surface area contributed by atoms with Gasteiger partial charge in [0.1, 0.15) is 0 Å². The van der Waals surface area contributed by atoms with E-state index in [0.29, 0.717) is 31.5 Å². The largest absolute Gasteiger partial charge is 0.430 e. The lowest BCUT2D eigenvalue weighted by Gasteiger charge is -2.37. The summed E-state index contributed by atoms with van der Waals surface area (Å²) >= 11 is 1.11. The highest BCUT2D eigenvalue weighted by molar-refractivity contribution is 8.00. The highest BCUT2D eigenvalue weighted by atomic mass is 32.2. The first-order chi connectivity index (χ1) is 13.2. The van der Waals surface area contributed by atoms with Gasteiger partial charge in [-0.15, -0.1) is 11.8 Å². The molecule has 0 fully saturated rings. The summed E-state index contributed by atoms with van der Waals surface area (Å²) in [6, 6.07) is 2.35. The molecule has 0 radical (unpaired) electrons. The van der Waals surface area contributed by atoms with Crippen molar-refractivity contribution in [2.45, 2.75) is 68.1 Å². The van der Waals surface area contributed by atoms with Gasteiger partial charge in [-0.2, -0.15) is 26.3 Å². The number of carbonyl (C=O) groups is 1. The summed E-state index contributed by atoms with van der Waals surface area (Å²) in [5.41, 5.74) is -6.03. The van der Waals surface area contributed by atoms with Crippen molar-refractivity contribution in [3.63, 3.8) is 0 Å². The van der Waals surface area contributed by atoms with Gasteiger partial charge < -0.3 is 10.0 Å². The minimum Gasteiger partial charge on any atom is -0.369 e. The lowest BCUT2D eigenvalue weighted by molar-refractivity contribution is -0.376. The molecule has 3 nitrogen and oxygen atoms in total. The number of hydrogen-bond donors (Lipinski definition) is 1. The van der Waals surface area contributed by atoms with Crippen LogP contribution in [0.4, 0.5) is 32.0 Å². The molecule has 1 amide bonds. The fraction of sp³-hybridized carbons (Fsp3) is 0.632. The Kier molecular flexibility index (Phi) is 6.89. The van der Waals surface area contributed by atoms with Gasteiger partial charge in [0.15, 0.2) is 0 Å². The van der Waals surface area contributed by atoms with Gasteiger partial charge in [0.2, 0.25) is 5.91 Å². The SMILES string of the molecule is CC[C@H]1CN(C(=O)CCC(C)C)c2ccc(C(O)(C(F)(F)F)C(F)(F)F)cc2S1. The molecule has 1 aliphatic heterocycles. The molecule has 0 bridgehead atoms. The molecule has 29 heavy (non-hydrogen) atoms. The summed E-state index contributed by atoms with van der Waals surface area (Å²) in [7, 11) is 0. The predicted octanol–water partition coefficient (Wildman–Crippen LogP) is 5.65. The summed E-state index contributed by atoms with van der Waals surface area (Å²) in [6.45, 7) is 6.05. The van der Waals surface area contributed by atoms with Gasteiger partial charge in [0.05, 0.1) is 5.69 Å². The van der Waals surface area contributed by atoms with Crippen LogP contribution in [0.1, 0.15) is 45.6 Å². The molecule has 0 saturated heterocycles. The van der Waals surface area contributed by atoms with Crippen molar-refractivity contribution < 1.29 is 36.2 Å². The van der Waals surface area contributed by atoms with E-state index in [1.807, 2.05) is 20.8 Å². The second-order valence-electron chi connectivity index (χ2n) is 7.47. The number of nitrogens with zero attached hydrogens (tertiary/aromatic N) is 1. The third-order valence-electron chi connectivity index (χ3n) is 4.86. The van der Waals surface area contributed by atoms with Crippen LogP contribution >= 0.6 is 11.8 Å². The maximum absolute atomic E-state index is 13.2. The first kappa shape index (κ1) is 23.9. The van der Waals surface area contributed by atoms with Gasteiger partial charge in [0, 0.05) is 28.7 Å². The molecule has 0 spiro atoms. The summed E-state index contributed by atoms with van der Waals surface area (Å²) < 4.78 is 79.2. The average molecular weight is 443 g/mol. The minimum absolute atomic E-state index is 0.116. The molecule has 164 valence electrons. The Labute approximate surface area is 169 Å². The summed E-state index contributed by atoms with van der Waals surface area (Å²) in [5.74, 6) is 0.0452. The van der Waals surface area contributed by atoms with E-state index in [0.717, 1.165) is 17.8 Å². The maximum atomic E-state index is 13.2. The first-order valence-corrected chi connectivity index (χ1v) is 10.1. The Bertz CT molecular complexity index is 733. The molecule has 1 aromatic rings. The zero-order chi connectivity index (χ0) is 22.2. The van der Waals surface area contributed by atoms with E-state index in [2.05, 4.69) is 0 Å². The molecule has 1 aliphatic rings. The first-order valence-electron chi connectivity index (χ1n) is 9.19. The fourth-order valence-electron chi connectivity index (χ4n) is 3.06. The number of aliphatic hydroxyl groups is 1. The maximum Gasteiger partial charge on any atom is 0.430 e. The standard InChI is InChI=1S/C19H23F6NO2S/c1-4-13-10-26(16(27)8-5-11(2)3)14-7-6-12(9-15(14)29-13)17(28,18(20,21)22)19(23,24)25/h6-7,9,11,13,28H,4-5,8,10H2,1-3H3/t13-/m0/s1. The molecule has 0 aliphatic carbocycles. The monoisotopic (exact) mass is 443 g/mol. The number of rotatable bonds is 5. The van der Waals surface area contributed by atoms with Crippen molar-refractivity contribution in [3.8, 4) is 0 Å². The summed E-state index contributed by atoms with van der Waals surface area (Å²) in [6.07, 6.45) is -10.5. The van der Waals surface area contributed by atoms with Crippen molar-refractivity contribution in [3.05, 3.63) is 23.8 Å².